The van der Waals surface area contributed by atoms with Gasteiger partial charge in [-0.05, 0) is 49.1 Å². The van der Waals surface area contributed by atoms with Crippen LogP contribution < -0.4 is 10.6 Å². The first-order chi connectivity index (χ1) is 9.27. The number of unbranched alkanes of at least 4 members (excludes halogenated alkanes) is 1. The van der Waals surface area contributed by atoms with Gasteiger partial charge in [0.1, 0.15) is 0 Å². The average Bonchev–Trinajstić information content (AvgIpc) is 2.45. The number of nitrogens with one attached hydrogen (secondary N) is 2. The summed E-state index contributed by atoms with van der Waals surface area (Å²) < 4.78 is 0. The molecule has 0 atom stereocenters. The number of carbonyl (C=O) groups is 1. The fourth-order valence-electron chi connectivity index (χ4n) is 1.62. The summed E-state index contributed by atoms with van der Waals surface area (Å²) in [7, 11) is 0. The number of hydrogen-bond acceptors (Lipinski definition) is 4. The molecule has 3 N–H and O–H groups in total. The van der Waals surface area contributed by atoms with Gasteiger partial charge in [0.15, 0.2) is 0 Å². The van der Waals surface area contributed by atoms with E-state index in [1.165, 1.54) is 12.2 Å². The van der Waals surface area contributed by atoms with Gasteiger partial charge in [0.25, 0.3) is 5.91 Å². The Kier molecular flexibility index (Phi) is 8.09. The van der Waals surface area contributed by atoms with Crippen LogP contribution in [0.4, 0.5) is 5.69 Å². The maximum Gasteiger partial charge on any atom is 0.251 e. The molecule has 0 saturated heterocycles. The molecule has 0 heterocycles. The second kappa shape index (κ2) is 9.69. The predicted octanol–water partition coefficient (Wildman–Crippen LogP) is 1.96. The minimum atomic E-state index is -0.152. The molecule has 0 aliphatic carbocycles. The number of carbonyl (C=O) groups excluding carboxylic acids is 1. The standard InChI is InChI=1S/C14H22N2O2S/c1-19-11-3-2-8-15-13-6-4-12(5-7-13)14(18)16-9-10-17/h4-7,15,17H,2-3,8-11H2,1H3,(H,16,18). The fourth-order valence-corrected chi connectivity index (χ4v) is 2.11. The van der Waals surface area contributed by atoms with Crippen molar-refractivity contribution in [1.82, 2.24) is 5.32 Å². The molecule has 0 aromatic heterocycles. The zero-order valence-electron chi connectivity index (χ0n) is 11.3. The molecule has 5 heteroatoms. The van der Waals surface area contributed by atoms with Crippen molar-refractivity contribution in [3.63, 3.8) is 0 Å². The Hall–Kier alpha value is -1.20. The molecule has 1 aromatic rings. The third-order valence-corrected chi connectivity index (χ3v) is 3.35. The summed E-state index contributed by atoms with van der Waals surface area (Å²) in [4.78, 5) is 11.6. The van der Waals surface area contributed by atoms with Crippen LogP contribution in [0.25, 0.3) is 0 Å². The van der Waals surface area contributed by atoms with Crippen molar-refractivity contribution >= 4 is 23.4 Å². The van der Waals surface area contributed by atoms with Crippen molar-refractivity contribution in [3.05, 3.63) is 29.8 Å². The fraction of sp³-hybridized carbons (Fsp3) is 0.500. The number of amides is 1. The van der Waals surface area contributed by atoms with Crippen molar-refractivity contribution in [2.45, 2.75) is 12.8 Å². The van der Waals surface area contributed by atoms with Crippen molar-refractivity contribution in [1.29, 1.82) is 0 Å². The van der Waals surface area contributed by atoms with Crippen LogP contribution in [0.15, 0.2) is 24.3 Å². The molecule has 1 aromatic carbocycles. The summed E-state index contributed by atoms with van der Waals surface area (Å²) >= 11 is 1.87. The van der Waals surface area contributed by atoms with Crippen LogP contribution in [0.2, 0.25) is 0 Å². The summed E-state index contributed by atoms with van der Waals surface area (Å²) in [6, 6.07) is 7.39. The smallest absolute Gasteiger partial charge is 0.251 e. The maximum atomic E-state index is 11.6. The normalized spacial score (nSPS) is 10.2. The monoisotopic (exact) mass is 282 g/mol. The number of aliphatic hydroxyl groups is 1. The minimum Gasteiger partial charge on any atom is -0.395 e. The molecular formula is C14H22N2O2S. The Morgan fingerprint density at radius 3 is 2.58 bits per heavy atom. The zero-order chi connectivity index (χ0) is 13.9. The summed E-state index contributed by atoms with van der Waals surface area (Å²) in [6.45, 7) is 1.20. The maximum absolute atomic E-state index is 11.6. The molecule has 19 heavy (non-hydrogen) atoms. The van der Waals surface area contributed by atoms with Crippen LogP contribution in [0, 0.1) is 0 Å². The van der Waals surface area contributed by atoms with Crippen LogP contribution in [-0.4, -0.2) is 42.7 Å². The predicted molar refractivity (Wildman–Crippen MR) is 82.0 cm³/mol. The molecule has 0 unspecified atom stereocenters. The first-order valence-electron chi connectivity index (χ1n) is 6.50. The van der Waals surface area contributed by atoms with Crippen LogP contribution in [0.1, 0.15) is 23.2 Å². The number of benzene rings is 1. The van der Waals surface area contributed by atoms with E-state index in [0.29, 0.717) is 5.56 Å². The quantitative estimate of drug-likeness (QED) is 0.606. The van der Waals surface area contributed by atoms with E-state index >= 15 is 0 Å². The van der Waals surface area contributed by atoms with Crippen molar-refractivity contribution < 1.29 is 9.90 Å². The lowest BCUT2D eigenvalue weighted by molar-refractivity contribution is 0.0945. The summed E-state index contributed by atoms with van der Waals surface area (Å²) in [5.74, 6) is 1.05. The van der Waals surface area contributed by atoms with E-state index in [0.717, 1.165) is 18.7 Å². The Morgan fingerprint density at radius 1 is 1.21 bits per heavy atom. The topological polar surface area (TPSA) is 61.4 Å². The van der Waals surface area contributed by atoms with Gasteiger partial charge in [-0.15, -0.1) is 0 Å². The summed E-state index contributed by atoms with van der Waals surface area (Å²) in [6.07, 6.45) is 4.49. The molecule has 1 amide bonds. The van der Waals surface area contributed by atoms with Gasteiger partial charge in [-0.1, -0.05) is 0 Å². The highest BCUT2D eigenvalue weighted by Gasteiger charge is 2.03. The van der Waals surface area contributed by atoms with Crippen LogP contribution >= 0.6 is 11.8 Å². The van der Waals surface area contributed by atoms with Gasteiger partial charge in [-0.25, -0.2) is 0 Å². The van der Waals surface area contributed by atoms with E-state index in [1.54, 1.807) is 12.1 Å². The number of rotatable bonds is 9. The molecule has 4 nitrogen and oxygen atoms in total. The molecule has 0 aliphatic rings. The number of hydrogen-bond donors (Lipinski definition) is 3. The third kappa shape index (κ3) is 6.50. The van der Waals surface area contributed by atoms with E-state index in [4.69, 9.17) is 5.11 Å². The van der Waals surface area contributed by atoms with Gasteiger partial charge in [0.2, 0.25) is 0 Å². The van der Waals surface area contributed by atoms with Gasteiger partial charge in [-0.3, -0.25) is 4.79 Å². The van der Waals surface area contributed by atoms with Gasteiger partial charge >= 0.3 is 0 Å². The van der Waals surface area contributed by atoms with Crippen molar-refractivity contribution in [2.24, 2.45) is 0 Å². The van der Waals surface area contributed by atoms with Crippen LogP contribution in [0.5, 0.6) is 0 Å². The Bertz CT molecular complexity index is 368. The molecule has 0 radical (unpaired) electrons. The van der Waals surface area contributed by atoms with Gasteiger partial charge in [0.05, 0.1) is 6.61 Å². The largest absolute Gasteiger partial charge is 0.395 e. The van der Waals surface area contributed by atoms with E-state index in [9.17, 15) is 4.79 Å². The Balaban J connectivity index is 2.32. The molecule has 0 bridgehead atoms. The molecular weight excluding hydrogens is 260 g/mol. The second-order valence-electron chi connectivity index (χ2n) is 4.18. The lowest BCUT2D eigenvalue weighted by Gasteiger charge is -2.07. The van der Waals surface area contributed by atoms with Crippen molar-refractivity contribution in [2.75, 3.05) is 37.0 Å². The highest BCUT2D eigenvalue weighted by atomic mass is 32.2. The number of anilines is 1. The molecule has 1 rings (SSSR count). The highest BCUT2D eigenvalue weighted by molar-refractivity contribution is 7.98. The minimum absolute atomic E-state index is 0.0403. The molecule has 0 fully saturated rings. The second-order valence-corrected chi connectivity index (χ2v) is 5.17. The summed E-state index contributed by atoms with van der Waals surface area (Å²) in [5, 5.41) is 14.6. The average molecular weight is 282 g/mol. The summed E-state index contributed by atoms with van der Waals surface area (Å²) in [5.41, 5.74) is 1.64. The molecule has 0 spiro atoms. The number of thioether (sulfide) groups is 1. The van der Waals surface area contributed by atoms with E-state index in [1.807, 2.05) is 23.9 Å². The molecule has 106 valence electrons. The van der Waals surface area contributed by atoms with Gasteiger partial charge in [-0.2, -0.15) is 11.8 Å². The third-order valence-electron chi connectivity index (χ3n) is 2.65. The van der Waals surface area contributed by atoms with E-state index < -0.39 is 0 Å². The van der Waals surface area contributed by atoms with Gasteiger partial charge < -0.3 is 15.7 Å². The Labute approximate surface area is 119 Å². The first kappa shape index (κ1) is 15.9. The highest BCUT2D eigenvalue weighted by Crippen LogP contribution is 2.10. The van der Waals surface area contributed by atoms with E-state index in [-0.39, 0.29) is 19.1 Å². The van der Waals surface area contributed by atoms with Crippen LogP contribution in [-0.2, 0) is 0 Å². The number of aliphatic hydroxyl groups excluding tert-OH is 1. The SMILES string of the molecule is CSCCCCNc1ccc(C(=O)NCCO)cc1. The molecule has 0 aliphatic heterocycles. The lowest BCUT2D eigenvalue weighted by atomic mass is 10.2. The Morgan fingerprint density at radius 2 is 1.95 bits per heavy atom. The van der Waals surface area contributed by atoms with E-state index in [2.05, 4.69) is 16.9 Å². The lowest BCUT2D eigenvalue weighted by Crippen LogP contribution is -2.26. The zero-order valence-corrected chi connectivity index (χ0v) is 12.1. The van der Waals surface area contributed by atoms with Crippen LogP contribution in [0.3, 0.4) is 0 Å². The van der Waals surface area contributed by atoms with Gasteiger partial charge in [0, 0.05) is 24.3 Å². The molecule has 0 saturated carbocycles. The van der Waals surface area contributed by atoms with Crippen molar-refractivity contribution in [3.8, 4) is 0 Å². The first-order valence-corrected chi connectivity index (χ1v) is 7.89.